The van der Waals surface area contributed by atoms with Crippen molar-refractivity contribution in [3.63, 3.8) is 0 Å². The van der Waals surface area contributed by atoms with Gasteiger partial charge in [-0.15, -0.1) is 0 Å². The van der Waals surface area contributed by atoms with Crippen molar-refractivity contribution in [3.8, 4) is 11.7 Å². The number of aromatic nitrogens is 3. The Morgan fingerprint density at radius 3 is 2.65 bits per heavy atom. The van der Waals surface area contributed by atoms with Crippen LogP contribution in [0.2, 0.25) is 0 Å². The number of hydrogen-bond acceptors (Lipinski definition) is 7. The maximum absolute atomic E-state index is 13.1. The number of aromatic hydroxyl groups is 1. The van der Waals surface area contributed by atoms with E-state index in [1.165, 1.54) is 24.4 Å². The number of hydrogen-bond donors (Lipinski definition) is 4. The van der Waals surface area contributed by atoms with Crippen molar-refractivity contribution in [2.45, 2.75) is 4.21 Å². The Kier molecular flexibility index (Phi) is 5.06. The smallest absolute Gasteiger partial charge is 0.333 e. The van der Waals surface area contributed by atoms with Gasteiger partial charge in [-0.3, -0.25) is 4.79 Å². The number of amides is 2. The van der Waals surface area contributed by atoms with E-state index in [2.05, 4.69) is 15.3 Å². The lowest BCUT2D eigenvalue weighted by atomic mass is 10.1. The van der Waals surface area contributed by atoms with Crippen LogP contribution in [0.3, 0.4) is 0 Å². The van der Waals surface area contributed by atoms with Gasteiger partial charge in [0.15, 0.2) is 5.13 Å². The molecule has 0 spiro atoms. The summed E-state index contributed by atoms with van der Waals surface area (Å²) in [5, 5.41) is 14.2. The molecule has 10 nitrogen and oxygen atoms in total. The average Bonchev–Trinajstić information content (AvgIpc) is 3.42. The number of carbonyl (C=O) groups excluding carboxylic acids is 1. The zero-order chi connectivity index (χ0) is 24.0. The van der Waals surface area contributed by atoms with E-state index in [1.807, 2.05) is 6.07 Å². The third-order valence-electron chi connectivity index (χ3n) is 4.95. The van der Waals surface area contributed by atoms with Gasteiger partial charge in [-0.2, -0.15) is 4.39 Å². The van der Waals surface area contributed by atoms with Gasteiger partial charge < -0.3 is 15.4 Å². The Balaban J connectivity index is 1.40. The molecule has 0 saturated heterocycles. The summed E-state index contributed by atoms with van der Waals surface area (Å²) in [5.74, 6) is -0.211. The molecule has 0 aliphatic heterocycles. The van der Waals surface area contributed by atoms with Crippen molar-refractivity contribution < 1.29 is 22.7 Å². The minimum Gasteiger partial charge on any atom is -0.494 e. The summed E-state index contributed by atoms with van der Waals surface area (Å²) in [6.45, 7) is 0. The first-order valence-electron chi connectivity index (χ1n) is 9.63. The van der Waals surface area contributed by atoms with E-state index >= 15 is 0 Å². The number of aromatic amines is 1. The van der Waals surface area contributed by atoms with E-state index in [9.17, 15) is 27.5 Å². The van der Waals surface area contributed by atoms with Gasteiger partial charge in [-0.1, -0.05) is 11.3 Å². The van der Waals surface area contributed by atoms with Gasteiger partial charge >= 0.3 is 6.03 Å². The van der Waals surface area contributed by atoms with E-state index in [-0.39, 0.29) is 21.6 Å². The molecule has 0 aliphatic carbocycles. The van der Waals surface area contributed by atoms with Gasteiger partial charge in [0.1, 0.15) is 10.0 Å². The van der Waals surface area contributed by atoms with Crippen molar-refractivity contribution in [1.82, 2.24) is 19.3 Å². The Morgan fingerprint density at radius 2 is 1.94 bits per heavy atom. The molecule has 0 aliphatic rings. The molecule has 1 aromatic carbocycles. The standard InChI is InChI=1S/C21H14FN5O5S2/c22-16-2-4-19(33-16)34(31,32)26-21(30)25-13-1-3-17(24-10-13)27-18(28)9-12-8-15-11(5-6-23-15)7-14(12)20(27)29/h1-10,23,29H,(H2,25,26,30). The van der Waals surface area contributed by atoms with E-state index in [1.54, 1.807) is 23.1 Å². The Labute approximate surface area is 194 Å². The Hall–Kier alpha value is -4.23. The molecular formula is C21H14FN5O5S2. The summed E-state index contributed by atoms with van der Waals surface area (Å²) in [4.78, 5) is 31.9. The number of sulfonamides is 1. The molecule has 34 heavy (non-hydrogen) atoms. The van der Waals surface area contributed by atoms with Crippen LogP contribution in [0, 0.1) is 5.13 Å². The first-order chi connectivity index (χ1) is 16.2. The second kappa shape index (κ2) is 7.97. The molecule has 5 rings (SSSR count). The zero-order valence-electron chi connectivity index (χ0n) is 16.9. The van der Waals surface area contributed by atoms with Crippen LogP contribution < -0.4 is 15.6 Å². The fraction of sp³-hybridized carbons (Fsp3) is 0. The number of nitrogens with one attached hydrogen (secondary N) is 3. The predicted molar refractivity (Wildman–Crippen MR) is 124 cm³/mol. The molecule has 0 radical (unpaired) electrons. The minimum atomic E-state index is -4.24. The predicted octanol–water partition coefficient (Wildman–Crippen LogP) is 3.28. The zero-order valence-corrected chi connectivity index (χ0v) is 18.6. The topological polar surface area (TPSA) is 146 Å². The van der Waals surface area contributed by atoms with Gasteiger partial charge in [-0.05, 0) is 47.9 Å². The van der Waals surface area contributed by atoms with Crippen LogP contribution in [-0.4, -0.2) is 34.1 Å². The number of thiophene rings is 1. The quantitative estimate of drug-likeness (QED) is 0.298. The monoisotopic (exact) mass is 499 g/mol. The molecule has 0 bridgehead atoms. The largest absolute Gasteiger partial charge is 0.494 e. The highest BCUT2D eigenvalue weighted by molar-refractivity contribution is 7.92. The molecule has 13 heteroatoms. The molecule has 2 amide bonds. The lowest BCUT2D eigenvalue weighted by Crippen LogP contribution is -2.34. The molecule has 0 fully saturated rings. The normalized spacial score (nSPS) is 11.7. The van der Waals surface area contributed by atoms with Crippen LogP contribution in [0.1, 0.15) is 0 Å². The number of carbonyl (C=O) groups is 1. The second-order valence-corrected chi connectivity index (χ2v) is 10.1. The number of halogens is 1. The molecule has 0 atom stereocenters. The lowest BCUT2D eigenvalue weighted by Gasteiger charge is -2.11. The van der Waals surface area contributed by atoms with Crippen LogP contribution in [0.5, 0.6) is 5.88 Å². The summed E-state index contributed by atoms with van der Waals surface area (Å²) in [6, 6.07) is 10.4. The van der Waals surface area contributed by atoms with Crippen molar-refractivity contribution in [1.29, 1.82) is 0 Å². The van der Waals surface area contributed by atoms with Crippen molar-refractivity contribution in [2.75, 3.05) is 5.32 Å². The third kappa shape index (κ3) is 3.86. The molecule has 0 unspecified atom stereocenters. The summed E-state index contributed by atoms with van der Waals surface area (Å²) in [5.41, 5.74) is 0.425. The Bertz CT molecular complexity index is 1740. The number of anilines is 1. The fourth-order valence-electron chi connectivity index (χ4n) is 3.44. The number of urea groups is 1. The summed E-state index contributed by atoms with van der Waals surface area (Å²) >= 11 is 0.380. The van der Waals surface area contributed by atoms with Crippen LogP contribution in [-0.2, 0) is 10.0 Å². The maximum Gasteiger partial charge on any atom is 0.333 e. The minimum absolute atomic E-state index is 0.0891. The van der Waals surface area contributed by atoms with Crippen molar-refractivity contribution in [2.24, 2.45) is 0 Å². The van der Waals surface area contributed by atoms with Crippen LogP contribution in [0.4, 0.5) is 14.9 Å². The van der Waals surface area contributed by atoms with Gasteiger partial charge in [0.25, 0.3) is 15.6 Å². The van der Waals surface area contributed by atoms with Crippen LogP contribution >= 0.6 is 11.3 Å². The van der Waals surface area contributed by atoms with Gasteiger partial charge in [0.2, 0.25) is 5.88 Å². The number of fused-ring (bicyclic) bond motifs is 2. The molecule has 4 aromatic heterocycles. The highest BCUT2D eigenvalue weighted by atomic mass is 32.2. The van der Waals surface area contributed by atoms with Crippen molar-refractivity contribution in [3.05, 3.63) is 76.4 Å². The number of H-pyrrole nitrogens is 1. The number of rotatable bonds is 4. The fourth-order valence-corrected chi connectivity index (χ4v) is 5.35. The molecule has 0 saturated carbocycles. The molecule has 172 valence electrons. The molecule has 4 N–H and O–H groups in total. The van der Waals surface area contributed by atoms with E-state index in [0.717, 1.165) is 27.6 Å². The van der Waals surface area contributed by atoms with E-state index in [0.29, 0.717) is 22.1 Å². The molecule has 5 aromatic rings. The highest BCUT2D eigenvalue weighted by Crippen LogP contribution is 2.29. The van der Waals surface area contributed by atoms with Crippen LogP contribution in [0.15, 0.2) is 69.9 Å². The van der Waals surface area contributed by atoms with Crippen LogP contribution in [0.25, 0.3) is 27.5 Å². The maximum atomic E-state index is 13.1. The van der Waals surface area contributed by atoms with E-state index in [4.69, 9.17) is 0 Å². The number of nitrogens with zero attached hydrogens (tertiary/aromatic N) is 2. The third-order valence-corrected chi connectivity index (χ3v) is 7.65. The number of pyridine rings is 2. The average molecular weight is 500 g/mol. The van der Waals surface area contributed by atoms with Gasteiger partial charge in [0, 0.05) is 28.6 Å². The lowest BCUT2D eigenvalue weighted by molar-refractivity contribution is 0.256. The van der Waals surface area contributed by atoms with E-state index < -0.39 is 26.7 Å². The molecule has 4 heterocycles. The SMILES string of the molecule is O=C(Nc1ccc(-n2c(O)c3cc4cc[nH]c4cc3cc2=O)nc1)NS(=O)(=O)c1ccc(F)s1. The van der Waals surface area contributed by atoms with Gasteiger partial charge in [-0.25, -0.2) is 27.5 Å². The molecular weight excluding hydrogens is 485 g/mol. The first-order valence-corrected chi connectivity index (χ1v) is 11.9. The van der Waals surface area contributed by atoms with Crippen molar-refractivity contribution >= 4 is 54.8 Å². The first kappa shape index (κ1) is 21.6. The van der Waals surface area contributed by atoms with Gasteiger partial charge in [0.05, 0.1) is 11.9 Å². The summed E-state index contributed by atoms with van der Waals surface area (Å²) in [6.07, 6.45) is 2.94. The highest BCUT2D eigenvalue weighted by Gasteiger charge is 2.20. The number of benzene rings is 1. The second-order valence-electron chi connectivity index (χ2n) is 7.17. The Morgan fingerprint density at radius 1 is 1.12 bits per heavy atom. The summed E-state index contributed by atoms with van der Waals surface area (Å²) < 4.78 is 39.8. The summed E-state index contributed by atoms with van der Waals surface area (Å²) in [7, 11) is -4.24.